The van der Waals surface area contributed by atoms with Crippen LogP contribution in [0.2, 0.25) is 0 Å². The van der Waals surface area contributed by atoms with Crippen LogP contribution in [0.5, 0.6) is 0 Å². The Bertz CT molecular complexity index is 429. The van der Waals surface area contributed by atoms with E-state index in [4.69, 9.17) is 11.6 Å². The lowest BCUT2D eigenvalue weighted by Gasteiger charge is -2.18. The van der Waals surface area contributed by atoms with Crippen molar-refractivity contribution >= 4 is 29.2 Å². The second kappa shape index (κ2) is 6.40. The maximum absolute atomic E-state index is 11.7. The number of anilines is 1. The van der Waals surface area contributed by atoms with Gasteiger partial charge in [0.15, 0.2) is 0 Å². The lowest BCUT2D eigenvalue weighted by atomic mass is 10.1. The topological polar surface area (TPSA) is 49.4 Å². The predicted octanol–water partition coefficient (Wildman–Crippen LogP) is 2.55. The van der Waals surface area contributed by atoms with E-state index in [0.717, 1.165) is 12.1 Å². The smallest absolute Gasteiger partial charge is 0.297 e. The van der Waals surface area contributed by atoms with E-state index in [9.17, 15) is 9.59 Å². The summed E-state index contributed by atoms with van der Waals surface area (Å²) in [7, 11) is 1.60. The summed E-state index contributed by atoms with van der Waals surface area (Å²) in [6, 6.07) is 7.09. The van der Waals surface area contributed by atoms with Crippen LogP contribution >= 0.6 is 11.6 Å². The third-order valence-electron chi connectivity index (χ3n) is 2.63. The first-order valence-corrected chi connectivity index (χ1v) is 6.21. The molecule has 5 heteroatoms. The summed E-state index contributed by atoms with van der Waals surface area (Å²) < 4.78 is 0. The van der Waals surface area contributed by atoms with Crippen LogP contribution in [0, 0.1) is 0 Å². The number of alkyl halides is 1. The summed E-state index contributed by atoms with van der Waals surface area (Å²) in [5.74, 6) is -0.501. The third-order valence-corrected chi connectivity index (χ3v) is 2.83. The maximum atomic E-state index is 11.7. The molecular weight excluding hydrogens is 252 g/mol. The minimum Gasteiger partial charge on any atom is -0.297 e. The lowest BCUT2D eigenvalue weighted by Crippen LogP contribution is -2.43. The van der Waals surface area contributed by atoms with Crippen LogP contribution in [-0.2, 0) is 11.2 Å². The highest BCUT2D eigenvalue weighted by molar-refractivity contribution is 6.31. The number of imide groups is 1. The van der Waals surface area contributed by atoms with Gasteiger partial charge in [0.2, 0.25) is 5.91 Å². The van der Waals surface area contributed by atoms with Gasteiger partial charge < -0.3 is 0 Å². The Balaban J connectivity index is 2.70. The number of urea groups is 1. The molecule has 0 aliphatic heterocycles. The van der Waals surface area contributed by atoms with Crippen molar-refractivity contribution in [1.29, 1.82) is 0 Å². The number of benzene rings is 1. The zero-order valence-corrected chi connectivity index (χ0v) is 11.5. The maximum Gasteiger partial charge on any atom is 0.328 e. The average Bonchev–Trinajstić information content (AvgIpc) is 2.37. The van der Waals surface area contributed by atoms with E-state index >= 15 is 0 Å². The van der Waals surface area contributed by atoms with E-state index in [2.05, 4.69) is 12.2 Å². The fourth-order valence-corrected chi connectivity index (χ4v) is 1.42. The van der Waals surface area contributed by atoms with E-state index in [1.165, 1.54) is 17.4 Å². The minimum absolute atomic E-state index is 0.489. The molecule has 1 aromatic carbocycles. The van der Waals surface area contributed by atoms with Crippen LogP contribution in [0.1, 0.15) is 19.4 Å². The second-order valence-corrected chi connectivity index (χ2v) is 4.64. The van der Waals surface area contributed by atoms with Crippen molar-refractivity contribution in [3.8, 4) is 0 Å². The van der Waals surface area contributed by atoms with E-state index in [1.807, 2.05) is 24.3 Å². The molecule has 0 saturated heterocycles. The van der Waals surface area contributed by atoms with E-state index in [0.29, 0.717) is 0 Å². The van der Waals surface area contributed by atoms with Crippen LogP contribution < -0.4 is 10.2 Å². The van der Waals surface area contributed by atoms with Gasteiger partial charge in [-0.05, 0) is 31.0 Å². The quantitative estimate of drug-likeness (QED) is 0.857. The molecule has 1 aromatic rings. The van der Waals surface area contributed by atoms with Gasteiger partial charge in [0.05, 0.1) is 0 Å². The highest BCUT2D eigenvalue weighted by Crippen LogP contribution is 2.14. The SMILES string of the molecule is CCc1ccc(N(C)C(=O)NC(=O)C(C)Cl)cc1. The molecule has 4 nitrogen and oxygen atoms in total. The van der Waals surface area contributed by atoms with Crippen LogP contribution in [0.15, 0.2) is 24.3 Å². The Morgan fingerprint density at radius 1 is 1.33 bits per heavy atom. The molecule has 0 bridgehead atoms. The number of nitrogens with zero attached hydrogens (tertiary/aromatic N) is 1. The molecule has 1 atom stereocenters. The monoisotopic (exact) mass is 268 g/mol. The summed E-state index contributed by atoms with van der Waals surface area (Å²) in [6.45, 7) is 3.58. The first kappa shape index (κ1) is 14.5. The number of hydrogen-bond acceptors (Lipinski definition) is 2. The molecule has 1 rings (SSSR count). The molecule has 0 aromatic heterocycles. The van der Waals surface area contributed by atoms with Crippen molar-refractivity contribution in [3.63, 3.8) is 0 Å². The van der Waals surface area contributed by atoms with Crippen LogP contribution in [-0.4, -0.2) is 24.4 Å². The normalized spacial score (nSPS) is 11.8. The molecule has 18 heavy (non-hydrogen) atoms. The zero-order valence-electron chi connectivity index (χ0n) is 10.7. The first-order chi connectivity index (χ1) is 8.45. The van der Waals surface area contributed by atoms with Crippen molar-refractivity contribution in [3.05, 3.63) is 29.8 Å². The Kier molecular flexibility index (Phi) is 5.16. The Hall–Kier alpha value is -1.55. The number of nitrogens with one attached hydrogen (secondary N) is 1. The van der Waals surface area contributed by atoms with E-state index in [1.54, 1.807) is 7.05 Å². The Morgan fingerprint density at radius 3 is 2.33 bits per heavy atom. The van der Waals surface area contributed by atoms with Gasteiger partial charge in [0.25, 0.3) is 0 Å². The van der Waals surface area contributed by atoms with Gasteiger partial charge in [-0.2, -0.15) is 0 Å². The van der Waals surface area contributed by atoms with Gasteiger partial charge in [-0.25, -0.2) is 4.79 Å². The van der Waals surface area contributed by atoms with Crippen LogP contribution in [0.4, 0.5) is 10.5 Å². The van der Waals surface area contributed by atoms with E-state index < -0.39 is 17.3 Å². The molecule has 0 heterocycles. The summed E-state index contributed by atoms with van der Waals surface area (Å²) in [5, 5.41) is 1.49. The summed E-state index contributed by atoms with van der Waals surface area (Å²) in [4.78, 5) is 24.4. The molecule has 98 valence electrons. The van der Waals surface area contributed by atoms with Crippen molar-refractivity contribution in [2.45, 2.75) is 25.6 Å². The molecule has 1 unspecified atom stereocenters. The summed E-state index contributed by atoms with van der Waals surface area (Å²) in [5.41, 5.74) is 1.91. The van der Waals surface area contributed by atoms with Crippen LogP contribution in [0.3, 0.4) is 0 Å². The van der Waals surface area contributed by atoms with Crippen LogP contribution in [0.25, 0.3) is 0 Å². The molecule has 3 amide bonds. The number of amides is 3. The van der Waals surface area contributed by atoms with Gasteiger partial charge in [-0.15, -0.1) is 11.6 Å². The third kappa shape index (κ3) is 3.74. The number of halogens is 1. The highest BCUT2D eigenvalue weighted by atomic mass is 35.5. The largest absolute Gasteiger partial charge is 0.328 e. The zero-order chi connectivity index (χ0) is 13.7. The second-order valence-electron chi connectivity index (χ2n) is 3.99. The average molecular weight is 269 g/mol. The van der Waals surface area contributed by atoms with Crippen molar-refractivity contribution in [1.82, 2.24) is 5.32 Å². The standard InChI is InChI=1S/C13H17ClN2O2/c1-4-10-5-7-11(8-6-10)16(3)13(18)15-12(17)9(2)14/h5-9H,4H2,1-3H3,(H,15,17,18). The molecule has 0 spiro atoms. The number of carbonyl (C=O) groups is 2. The molecule has 0 aliphatic carbocycles. The molecule has 1 N–H and O–H groups in total. The molecule has 0 fully saturated rings. The van der Waals surface area contributed by atoms with Gasteiger partial charge in [-0.1, -0.05) is 19.1 Å². The van der Waals surface area contributed by atoms with Crippen molar-refractivity contribution in [2.75, 3.05) is 11.9 Å². The number of aryl methyl sites for hydroxylation is 1. The Labute approximate surface area is 112 Å². The first-order valence-electron chi connectivity index (χ1n) is 5.77. The highest BCUT2D eigenvalue weighted by Gasteiger charge is 2.16. The fraction of sp³-hybridized carbons (Fsp3) is 0.385. The summed E-state index contributed by atoms with van der Waals surface area (Å²) >= 11 is 5.58. The van der Waals surface area contributed by atoms with Gasteiger partial charge in [-0.3, -0.25) is 15.0 Å². The molecule has 0 radical (unpaired) electrons. The number of hydrogen-bond donors (Lipinski definition) is 1. The van der Waals surface area contributed by atoms with E-state index in [-0.39, 0.29) is 0 Å². The van der Waals surface area contributed by atoms with Gasteiger partial charge in [0.1, 0.15) is 5.38 Å². The fourth-order valence-electron chi connectivity index (χ4n) is 1.36. The van der Waals surface area contributed by atoms with Gasteiger partial charge >= 0.3 is 6.03 Å². The molecular formula is C13H17ClN2O2. The summed E-state index contributed by atoms with van der Waals surface area (Å²) in [6.07, 6.45) is 0.943. The van der Waals surface area contributed by atoms with Gasteiger partial charge in [0, 0.05) is 12.7 Å². The van der Waals surface area contributed by atoms with Crippen molar-refractivity contribution in [2.24, 2.45) is 0 Å². The number of carbonyl (C=O) groups excluding carboxylic acids is 2. The minimum atomic E-state index is -0.732. The molecule has 0 aliphatic rings. The Morgan fingerprint density at radius 2 is 1.89 bits per heavy atom. The number of rotatable bonds is 3. The van der Waals surface area contributed by atoms with Crippen molar-refractivity contribution < 1.29 is 9.59 Å². The predicted molar refractivity (Wildman–Crippen MR) is 73.1 cm³/mol. The lowest BCUT2D eigenvalue weighted by molar-refractivity contribution is -0.119. The molecule has 0 saturated carbocycles.